The highest BCUT2D eigenvalue weighted by atomic mass is 32.2. The number of thiazole rings is 1. The van der Waals surface area contributed by atoms with Crippen LogP contribution in [0.2, 0.25) is 0 Å². The Morgan fingerprint density at radius 2 is 2.00 bits per heavy atom. The maximum Gasteiger partial charge on any atom is 0.308 e. The van der Waals surface area contributed by atoms with E-state index < -0.39 is 21.7 Å². The molecule has 1 N–H and O–H groups in total. The number of aromatic nitrogens is 1. The summed E-state index contributed by atoms with van der Waals surface area (Å²) in [6, 6.07) is 10.3. The van der Waals surface area contributed by atoms with Crippen LogP contribution in [0.3, 0.4) is 0 Å². The topological polar surface area (TPSA) is 77.4 Å². The molecule has 8 heteroatoms. The molecule has 3 aromatic rings. The van der Waals surface area contributed by atoms with Crippen molar-refractivity contribution in [2.45, 2.75) is 57.2 Å². The van der Waals surface area contributed by atoms with Gasteiger partial charge in [-0.05, 0) is 57.5 Å². The van der Waals surface area contributed by atoms with Crippen molar-refractivity contribution < 1.29 is 13.2 Å². The molecule has 0 aliphatic carbocycles. The highest BCUT2D eigenvalue weighted by molar-refractivity contribution is 7.89. The second-order valence-corrected chi connectivity index (χ2v) is 10.7. The molecule has 0 unspecified atom stereocenters. The molecular formula is C21H24N2O4S2. The molecule has 1 aromatic heterocycles. The standard InChI is InChI=1S/C21H24N2O4S2/c1-5-23-17-9-7-14(11-19(17)28-20(23)24)29(25,26)22-16-12-21(3,4)27-18-10-13(2)6-8-15(16)18/h6-11,16,22H,5,12H2,1-4H3/t16-/m0/s1. The van der Waals surface area contributed by atoms with Crippen LogP contribution in [0.1, 0.15) is 44.4 Å². The van der Waals surface area contributed by atoms with E-state index in [1.54, 1.807) is 22.8 Å². The first kappa shape index (κ1) is 20.1. The van der Waals surface area contributed by atoms with Gasteiger partial charge in [-0.1, -0.05) is 23.5 Å². The molecule has 1 aliphatic rings. The fraction of sp³-hybridized carbons (Fsp3) is 0.381. The lowest BCUT2D eigenvalue weighted by Gasteiger charge is -2.38. The predicted molar refractivity (Wildman–Crippen MR) is 115 cm³/mol. The minimum Gasteiger partial charge on any atom is -0.487 e. The summed E-state index contributed by atoms with van der Waals surface area (Å²) in [6.07, 6.45) is 0.518. The van der Waals surface area contributed by atoms with Gasteiger partial charge >= 0.3 is 4.87 Å². The number of rotatable bonds is 4. The summed E-state index contributed by atoms with van der Waals surface area (Å²) in [5, 5.41) is 0. The summed E-state index contributed by atoms with van der Waals surface area (Å²) < 4.78 is 37.6. The summed E-state index contributed by atoms with van der Waals surface area (Å²) in [4.78, 5) is 12.2. The minimum atomic E-state index is -3.77. The average molecular weight is 433 g/mol. The van der Waals surface area contributed by atoms with Gasteiger partial charge in [0.1, 0.15) is 11.4 Å². The van der Waals surface area contributed by atoms with E-state index in [1.165, 1.54) is 0 Å². The molecule has 0 saturated heterocycles. The van der Waals surface area contributed by atoms with Crippen molar-refractivity contribution in [3.05, 3.63) is 57.2 Å². The minimum absolute atomic E-state index is 0.0829. The molecule has 4 rings (SSSR count). The summed E-state index contributed by atoms with van der Waals surface area (Å²) in [7, 11) is -3.77. The number of hydrogen-bond donors (Lipinski definition) is 1. The molecule has 0 bridgehead atoms. The van der Waals surface area contributed by atoms with Crippen molar-refractivity contribution in [3.63, 3.8) is 0 Å². The van der Waals surface area contributed by atoms with E-state index in [0.717, 1.165) is 28.0 Å². The number of nitrogens with one attached hydrogen (secondary N) is 1. The molecule has 1 aliphatic heterocycles. The van der Waals surface area contributed by atoms with Crippen LogP contribution < -0.4 is 14.3 Å². The Morgan fingerprint density at radius 1 is 1.24 bits per heavy atom. The van der Waals surface area contributed by atoms with E-state index in [1.807, 2.05) is 45.9 Å². The average Bonchev–Trinajstić information content (AvgIpc) is 2.94. The van der Waals surface area contributed by atoms with Crippen molar-refractivity contribution >= 4 is 31.6 Å². The number of sulfonamides is 1. The molecule has 29 heavy (non-hydrogen) atoms. The number of ether oxygens (including phenoxy) is 1. The van der Waals surface area contributed by atoms with Crippen LogP contribution in [0, 0.1) is 6.92 Å². The number of hydrogen-bond acceptors (Lipinski definition) is 5. The maximum absolute atomic E-state index is 13.2. The molecular weight excluding hydrogens is 408 g/mol. The van der Waals surface area contributed by atoms with Gasteiger partial charge in [0, 0.05) is 18.5 Å². The first-order valence-electron chi connectivity index (χ1n) is 9.55. The second kappa shape index (κ2) is 6.97. The monoisotopic (exact) mass is 432 g/mol. The molecule has 0 amide bonds. The quantitative estimate of drug-likeness (QED) is 0.677. The van der Waals surface area contributed by atoms with Crippen molar-refractivity contribution in [1.29, 1.82) is 0 Å². The predicted octanol–water partition coefficient (Wildman–Crippen LogP) is 3.97. The molecule has 6 nitrogen and oxygen atoms in total. The Balaban J connectivity index is 1.72. The lowest BCUT2D eigenvalue weighted by atomic mass is 9.90. The van der Waals surface area contributed by atoms with E-state index in [4.69, 9.17) is 4.74 Å². The molecule has 2 heterocycles. The lowest BCUT2D eigenvalue weighted by molar-refractivity contribution is 0.0701. The van der Waals surface area contributed by atoms with Gasteiger partial charge in [0.15, 0.2) is 0 Å². The van der Waals surface area contributed by atoms with Crippen LogP contribution >= 0.6 is 11.3 Å². The molecule has 0 saturated carbocycles. The summed E-state index contributed by atoms with van der Waals surface area (Å²) in [5.41, 5.74) is 2.16. The third kappa shape index (κ3) is 3.72. The number of nitrogens with zero attached hydrogens (tertiary/aromatic N) is 1. The zero-order valence-electron chi connectivity index (χ0n) is 16.9. The fourth-order valence-electron chi connectivity index (χ4n) is 3.83. The third-order valence-electron chi connectivity index (χ3n) is 5.19. The van der Waals surface area contributed by atoms with Crippen molar-refractivity contribution in [1.82, 2.24) is 9.29 Å². The molecule has 0 radical (unpaired) electrons. The maximum atomic E-state index is 13.2. The van der Waals surface area contributed by atoms with Gasteiger partial charge < -0.3 is 4.74 Å². The van der Waals surface area contributed by atoms with Gasteiger partial charge in [-0.2, -0.15) is 0 Å². The van der Waals surface area contributed by atoms with Crippen molar-refractivity contribution in [2.24, 2.45) is 0 Å². The van der Waals surface area contributed by atoms with Crippen molar-refractivity contribution in [2.75, 3.05) is 0 Å². The van der Waals surface area contributed by atoms with E-state index >= 15 is 0 Å². The van der Waals surface area contributed by atoms with Gasteiger partial charge in [0.05, 0.1) is 21.2 Å². The first-order chi connectivity index (χ1) is 13.6. The van der Waals surface area contributed by atoms with Crippen LogP contribution in [0.5, 0.6) is 5.75 Å². The van der Waals surface area contributed by atoms with Gasteiger partial charge in [-0.25, -0.2) is 13.1 Å². The molecule has 0 fully saturated rings. The Bertz CT molecular complexity index is 1260. The number of aryl methyl sites for hydroxylation is 2. The highest BCUT2D eigenvalue weighted by Gasteiger charge is 2.36. The van der Waals surface area contributed by atoms with Gasteiger partial charge in [0.25, 0.3) is 0 Å². The number of benzene rings is 2. The van der Waals surface area contributed by atoms with Crippen LogP contribution in [0.15, 0.2) is 46.1 Å². The van der Waals surface area contributed by atoms with Crippen LogP contribution in [-0.4, -0.2) is 18.6 Å². The van der Waals surface area contributed by atoms with Crippen molar-refractivity contribution in [3.8, 4) is 5.75 Å². The Morgan fingerprint density at radius 3 is 2.72 bits per heavy atom. The number of fused-ring (bicyclic) bond motifs is 2. The second-order valence-electron chi connectivity index (χ2n) is 8.02. The zero-order valence-corrected chi connectivity index (χ0v) is 18.5. The van der Waals surface area contributed by atoms with E-state index in [-0.39, 0.29) is 9.77 Å². The Labute approximate surface area is 174 Å². The van der Waals surface area contributed by atoms with Crippen LogP contribution in [0.4, 0.5) is 0 Å². The van der Waals surface area contributed by atoms with Gasteiger partial charge in [-0.15, -0.1) is 0 Å². The normalized spacial score (nSPS) is 18.4. The van der Waals surface area contributed by atoms with Crippen LogP contribution in [0.25, 0.3) is 10.2 Å². The van der Waals surface area contributed by atoms with E-state index in [9.17, 15) is 13.2 Å². The summed E-state index contributed by atoms with van der Waals surface area (Å²) in [5.74, 6) is 0.711. The Kier molecular flexibility index (Phi) is 4.83. The van der Waals surface area contributed by atoms with E-state index in [2.05, 4.69) is 4.72 Å². The van der Waals surface area contributed by atoms with Gasteiger partial charge in [-0.3, -0.25) is 9.36 Å². The van der Waals surface area contributed by atoms with Gasteiger partial charge in [0.2, 0.25) is 10.0 Å². The lowest BCUT2D eigenvalue weighted by Crippen LogP contribution is -2.41. The third-order valence-corrected chi connectivity index (χ3v) is 7.60. The fourth-order valence-corrected chi connectivity index (χ4v) is 6.14. The highest BCUT2D eigenvalue weighted by Crippen LogP contribution is 2.40. The molecule has 154 valence electrons. The largest absolute Gasteiger partial charge is 0.487 e. The zero-order chi connectivity index (χ0) is 21.0. The smallest absolute Gasteiger partial charge is 0.308 e. The Hall–Kier alpha value is -2.16. The first-order valence-corrected chi connectivity index (χ1v) is 11.8. The molecule has 0 spiro atoms. The molecule has 2 aromatic carbocycles. The molecule has 1 atom stereocenters. The van der Waals surface area contributed by atoms with Crippen LogP contribution in [-0.2, 0) is 16.6 Å². The summed E-state index contributed by atoms with van der Waals surface area (Å²) in [6.45, 7) is 8.34. The summed E-state index contributed by atoms with van der Waals surface area (Å²) >= 11 is 1.06. The SMILES string of the molecule is CCn1c(=O)sc2cc(S(=O)(=O)N[C@H]3CC(C)(C)Oc4cc(C)ccc43)ccc21. The van der Waals surface area contributed by atoms with E-state index in [0.29, 0.717) is 23.4 Å².